The molecule has 0 saturated carbocycles. The van der Waals surface area contributed by atoms with Crippen molar-refractivity contribution in [2.45, 2.75) is 13.8 Å². The maximum absolute atomic E-state index is 12.9. The summed E-state index contributed by atoms with van der Waals surface area (Å²) in [4.78, 5) is 25.7. The van der Waals surface area contributed by atoms with E-state index in [4.69, 9.17) is 5.26 Å². The van der Waals surface area contributed by atoms with E-state index in [0.717, 1.165) is 5.69 Å². The number of carbonyl (C=O) groups excluding carboxylic acids is 1. The van der Waals surface area contributed by atoms with Gasteiger partial charge in [-0.05, 0) is 43.7 Å². The molecule has 1 aromatic carbocycles. The van der Waals surface area contributed by atoms with Gasteiger partial charge in [-0.3, -0.25) is 14.3 Å². The van der Waals surface area contributed by atoms with Crippen LogP contribution in [-0.2, 0) is 18.9 Å². The molecule has 0 radical (unpaired) electrons. The number of benzene rings is 1. The van der Waals surface area contributed by atoms with Gasteiger partial charge in [0.1, 0.15) is 29.1 Å². The van der Waals surface area contributed by atoms with Crippen molar-refractivity contribution in [3.8, 4) is 17.8 Å². The zero-order valence-corrected chi connectivity index (χ0v) is 17.1. The lowest BCUT2D eigenvalue weighted by atomic mass is 10.1. The summed E-state index contributed by atoms with van der Waals surface area (Å²) >= 11 is 0. The van der Waals surface area contributed by atoms with Gasteiger partial charge in [-0.2, -0.15) is 10.5 Å². The van der Waals surface area contributed by atoms with Gasteiger partial charge in [-0.15, -0.1) is 0 Å². The number of hydrogen-bond acceptors (Lipinski definition) is 4. The average Bonchev–Trinajstić information content (AvgIpc) is 3.14. The molecule has 1 N–H and O–H groups in total. The number of carbonyl (C=O) groups is 1. The molecular weight excluding hydrogens is 380 g/mol. The van der Waals surface area contributed by atoms with Gasteiger partial charge in [0.05, 0.1) is 11.4 Å². The molecule has 8 heteroatoms. The number of nitriles is 2. The maximum atomic E-state index is 12.9. The molecule has 8 nitrogen and oxygen atoms in total. The van der Waals surface area contributed by atoms with Gasteiger partial charge in [-0.1, -0.05) is 18.2 Å². The van der Waals surface area contributed by atoms with Crippen LogP contribution in [0.3, 0.4) is 0 Å². The zero-order chi connectivity index (χ0) is 22.0. The molecule has 3 aromatic rings. The first-order chi connectivity index (χ1) is 14.3. The zero-order valence-electron chi connectivity index (χ0n) is 17.1. The molecular formula is C22H20N6O2. The Morgan fingerprint density at radius 1 is 1.10 bits per heavy atom. The van der Waals surface area contributed by atoms with Crippen molar-refractivity contribution in [1.82, 2.24) is 13.9 Å². The smallest absolute Gasteiger partial charge is 0.295 e. The highest BCUT2D eigenvalue weighted by molar-refractivity contribution is 6.10. The molecule has 0 saturated heterocycles. The first-order valence-electron chi connectivity index (χ1n) is 9.13. The minimum Gasteiger partial charge on any atom is -0.339 e. The Labute approximate surface area is 173 Å². The predicted octanol–water partition coefficient (Wildman–Crippen LogP) is 2.55. The minimum atomic E-state index is -0.690. The Hall–Kier alpha value is -4.30. The summed E-state index contributed by atoms with van der Waals surface area (Å²) in [7, 11) is 3.45. The predicted molar refractivity (Wildman–Crippen MR) is 113 cm³/mol. The lowest BCUT2D eigenvalue weighted by Gasteiger charge is -2.07. The first kappa shape index (κ1) is 20.4. The second-order valence-electron chi connectivity index (χ2n) is 6.80. The number of para-hydroxylation sites is 1. The summed E-state index contributed by atoms with van der Waals surface area (Å²) in [5.74, 6) is -0.690. The molecule has 3 rings (SSSR count). The highest BCUT2D eigenvalue weighted by atomic mass is 16.2. The lowest BCUT2D eigenvalue weighted by Crippen LogP contribution is -2.23. The lowest BCUT2D eigenvalue weighted by molar-refractivity contribution is -0.112. The van der Waals surface area contributed by atoms with E-state index in [1.165, 1.54) is 10.8 Å². The van der Waals surface area contributed by atoms with Gasteiger partial charge in [0.25, 0.3) is 11.5 Å². The Morgan fingerprint density at radius 2 is 1.77 bits per heavy atom. The maximum Gasteiger partial charge on any atom is 0.295 e. The summed E-state index contributed by atoms with van der Waals surface area (Å²) < 4.78 is 4.77. The van der Waals surface area contributed by atoms with Gasteiger partial charge in [0, 0.05) is 19.8 Å². The normalized spacial score (nSPS) is 11.1. The number of nitrogens with one attached hydrogen (secondary N) is 1. The number of rotatable bonds is 4. The molecule has 0 aliphatic heterocycles. The van der Waals surface area contributed by atoms with Crippen molar-refractivity contribution in [2.75, 3.05) is 5.32 Å². The largest absolute Gasteiger partial charge is 0.339 e. The summed E-state index contributed by atoms with van der Waals surface area (Å²) in [6.07, 6.45) is 1.42. The van der Waals surface area contributed by atoms with Crippen molar-refractivity contribution < 1.29 is 4.79 Å². The second kappa shape index (κ2) is 7.98. The van der Waals surface area contributed by atoms with E-state index >= 15 is 0 Å². The van der Waals surface area contributed by atoms with E-state index in [1.54, 1.807) is 55.4 Å². The van der Waals surface area contributed by atoms with Crippen LogP contribution in [-0.4, -0.2) is 19.8 Å². The molecule has 0 spiro atoms. The molecule has 0 aliphatic rings. The number of anilines is 1. The third-order valence-corrected chi connectivity index (χ3v) is 5.15. The van der Waals surface area contributed by atoms with E-state index < -0.39 is 11.5 Å². The van der Waals surface area contributed by atoms with E-state index in [1.807, 2.05) is 24.3 Å². The highest BCUT2D eigenvalue weighted by Gasteiger charge is 2.20. The van der Waals surface area contributed by atoms with E-state index in [9.17, 15) is 14.9 Å². The monoisotopic (exact) mass is 400 g/mol. The Bertz CT molecular complexity index is 1310. The summed E-state index contributed by atoms with van der Waals surface area (Å²) in [6, 6.07) is 14.6. The van der Waals surface area contributed by atoms with Crippen molar-refractivity contribution in [2.24, 2.45) is 14.1 Å². The third-order valence-electron chi connectivity index (χ3n) is 5.15. The van der Waals surface area contributed by atoms with Gasteiger partial charge in [0.2, 0.25) is 0 Å². The van der Waals surface area contributed by atoms with Crippen molar-refractivity contribution in [3.05, 3.63) is 75.0 Å². The van der Waals surface area contributed by atoms with Gasteiger partial charge in [-0.25, -0.2) is 4.68 Å². The number of nitrogens with zero attached hydrogens (tertiary/aromatic N) is 5. The number of hydrogen-bond donors (Lipinski definition) is 1. The van der Waals surface area contributed by atoms with Crippen LogP contribution in [0.15, 0.2) is 46.8 Å². The highest BCUT2D eigenvalue weighted by Crippen LogP contribution is 2.19. The van der Waals surface area contributed by atoms with E-state index in [2.05, 4.69) is 11.4 Å². The summed E-state index contributed by atoms with van der Waals surface area (Å²) in [5, 5.41) is 21.2. The van der Waals surface area contributed by atoms with Crippen LogP contribution >= 0.6 is 0 Å². The Kier molecular flexibility index (Phi) is 5.43. The minimum absolute atomic E-state index is 0.106. The molecule has 0 aliphatic carbocycles. The van der Waals surface area contributed by atoms with Gasteiger partial charge >= 0.3 is 0 Å². The van der Waals surface area contributed by atoms with Crippen LogP contribution in [0.4, 0.5) is 5.69 Å². The molecule has 0 bridgehead atoms. The molecule has 1 amide bonds. The van der Waals surface area contributed by atoms with Crippen LogP contribution in [0.1, 0.15) is 22.6 Å². The standard InChI is InChI=1S/C22H20N6O2/c1-14-16(11-19(13-24)26(14)3)10-17(12-23)21(29)25-20-15(2)27(4)28(22(20)30)18-8-6-5-7-9-18/h5-11H,1-4H3,(H,25,29)/b17-10+. The number of aromatic nitrogens is 3. The summed E-state index contributed by atoms with van der Waals surface area (Å²) in [5.41, 5.74) is 2.51. The Balaban J connectivity index is 1.99. The molecule has 2 aromatic heterocycles. The van der Waals surface area contributed by atoms with E-state index in [0.29, 0.717) is 22.6 Å². The quantitative estimate of drug-likeness (QED) is 0.536. The molecule has 2 heterocycles. The van der Waals surface area contributed by atoms with Crippen molar-refractivity contribution in [3.63, 3.8) is 0 Å². The van der Waals surface area contributed by atoms with Crippen LogP contribution in [0, 0.1) is 36.5 Å². The van der Waals surface area contributed by atoms with Gasteiger partial charge in [0.15, 0.2) is 0 Å². The Morgan fingerprint density at radius 3 is 2.33 bits per heavy atom. The second-order valence-corrected chi connectivity index (χ2v) is 6.80. The summed E-state index contributed by atoms with van der Waals surface area (Å²) in [6.45, 7) is 3.51. The van der Waals surface area contributed by atoms with E-state index in [-0.39, 0.29) is 11.3 Å². The molecule has 0 atom stereocenters. The van der Waals surface area contributed by atoms with Crippen molar-refractivity contribution in [1.29, 1.82) is 10.5 Å². The SMILES string of the molecule is Cc1c(/C=C(\C#N)C(=O)Nc2c(C)n(C)n(-c3ccccc3)c2=O)cc(C#N)n1C. The molecule has 0 unspecified atom stereocenters. The van der Waals surface area contributed by atoms with Gasteiger partial charge < -0.3 is 9.88 Å². The van der Waals surface area contributed by atoms with Crippen LogP contribution in [0.2, 0.25) is 0 Å². The molecule has 0 fully saturated rings. The molecule has 150 valence electrons. The van der Waals surface area contributed by atoms with Crippen LogP contribution in [0.5, 0.6) is 0 Å². The topological polar surface area (TPSA) is 109 Å². The van der Waals surface area contributed by atoms with Crippen LogP contribution < -0.4 is 10.9 Å². The average molecular weight is 400 g/mol. The number of amides is 1. The first-order valence-corrected chi connectivity index (χ1v) is 9.13. The molecule has 30 heavy (non-hydrogen) atoms. The fraction of sp³-hybridized carbons (Fsp3) is 0.182. The fourth-order valence-electron chi connectivity index (χ4n) is 3.17. The third kappa shape index (κ3) is 3.43. The van der Waals surface area contributed by atoms with Crippen LogP contribution in [0.25, 0.3) is 11.8 Å². The van der Waals surface area contributed by atoms with Crippen molar-refractivity contribution >= 4 is 17.7 Å². The fourth-order valence-corrected chi connectivity index (χ4v) is 3.17.